The van der Waals surface area contributed by atoms with Crippen molar-refractivity contribution in [3.05, 3.63) is 22.8 Å². The van der Waals surface area contributed by atoms with E-state index < -0.39 is 5.97 Å². The van der Waals surface area contributed by atoms with Gasteiger partial charge in [0.2, 0.25) is 0 Å². The Bertz CT molecular complexity index is 374. The third-order valence-electron chi connectivity index (χ3n) is 3.07. The van der Waals surface area contributed by atoms with E-state index in [0.29, 0.717) is 0 Å². The minimum atomic E-state index is -0.959. The number of carboxylic acid groups (broad SMARTS) is 1. The van der Waals surface area contributed by atoms with Gasteiger partial charge in [-0.1, -0.05) is 6.42 Å². The molecule has 0 atom stereocenters. The van der Waals surface area contributed by atoms with Crippen LogP contribution in [-0.2, 0) is 9.59 Å². The van der Waals surface area contributed by atoms with Crippen molar-refractivity contribution in [2.75, 3.05) is 0 Å². The second-order valence-electron chi connectivity index (χ2n) is 4.14. The molecule has 80 valence electrons. The standard InChI is InChI=1S/C12H14O3/c13-11-7-9(12(14)15)6-8-4-2-1-3-5-10(8)11/h6H,1-5,7H2,(H,14,15). The highest BCUT2D eigenvalue weighted by Gasteiger charge is 2.25. The summed E-state index contributed by atoms with van der Waals surface area (Å²) in [6.45, 7) is 0. The largest absolute Gasteiger partial charge is 0.478 e. The van der Waals surface area contributed by atoms with Crippen LogP contribution in [0.2, 0.25) is 0 Å². The van der Waals surface area contributed by atoms with E-state index in [1.807, 2.05) is 0 Å². The molecule has 0 aliphatic heterocycles. The average molecular weight is 206 g/mol. The van der Waals surface area contributed by atoms with Gasteiger partial charge in [-0.15, -0.1) is 0 Å². The Morgan fingerprint density at radius 3 is 2.67 bits per heavy atom. The van der Waals surface area contributed by atoms with E-state index in [1.54, 1.807) is 6.08 Å². The van der Waals surface area contributed by atoms with Gasteiger partial charge in [-0.3, -0.25) is 4.79 Å². The Morgan fingerprint density at radius 1 is 1.20 bits per heavy atom. The summed E-state index contributed by atoms with van der Waals surface area (Å²) in [6, 6.07) is 0. The lowest BCUT2D eigenvalue weighted by Crippen LogP contribution is -2.15. The Hall–Kier alpha value is -1.38. The van der Waals surface area contributed by atoms with Crippen LogP contribution in [0.5, 0.6) is 0 Å². The number of rotatable bonds is 1. The van der Waals surface area contributed by atoms with Crippen molar-refractivity contribution in [3.63, 3.8) is 0 Å². The van der Waals surface area contributed by atoms with Crippen molar-refractivity contribution >= 4 is 11.8 Å². The molecule has 0 aromatic carbocycles. The van der Waals surface area contributed by atoms with Crippen LogP contribution in [0, 0.1) is 0 Å². The average Bonchev–Trinajstić information content (AvgIpc) is 2.42. The summed E-state index contributed by atoms with van der Waals surface area (Å²) in [5.74, 6) is -0.939. The summed E-state index contributed by atoms with van der Waals surface area (Å²) in [5.41, 5.74) is 2.11. The summed E-state index contributed by atoms with van der Waals surface area (Å²) < 4.78 is 0. The molecule has 0 spiro atoms. The number of carbonyl (C=O) groups is 2. The molecule has 0 saturated carbocycles. The molecule has 0 saturated heterocycles. The normalized spacial score (nSPS) is 21.9. The van der Waals surface area contributed by atoms with Gasteiger partial charge in [0.25, 0.3) is 0 Å². The molecule has 0 unspecified atom stereocenters. The Morgan fingerprint density at radius 2 is 1.93 bits per heavy atom. The van der Waals surface area contributed by atoms with Crippen molar-refractivity contribution in [2.24, 2.45) is 0 Å². The number of carbonyl (C=O) groups excluding carboxylic acids is 1. The van der Waals surface area contributed by atoms with Gasteiger partial charge >= 0.3 is 5.97 Å². The number of allylic oxidation sites excluding steroid dienone is 3. The molecule has 0 aromatic heterocycles. The molecule has 0 radical (unpaired) electrons. The summed E-state index contributed by atoms with van der Waals surface area (Å²) in [6.07, 6.45) is 6.74. The van der Waals surface area contributed by atoms with E-state index in [1.165, 1.54) is 0 Å². The predicted molar refractivity (Wildman–Crippen MR) is 55.5 cm³/mol. The van der Waals surface area contributed by atoms with Gasteiger partial charge in [0.05, 0.1) is 0 Å². The summed E-state index contributed by atoms with van der Waals surface area (Å²) in [4.78, 5) is 22.6. The Labute approximate surface area is 88.5 Å². The van der Waals surface area contributed by atoms with Crippen molar-refractivity contribution in [3.8, 4) is 0 Å². The summed E-state index contributed by atoms with van der Waals surface area (Å²) >= 11 is 0. The zero-order valence-electron chi connectivity index (χ0n) is 8.58. The van der Waals surface area contributed by atoms with Crippen LogP contribution in [0.25, 0.3) is 0 Å². The maximum atomic E-state index is 11.7. The molecule has 0 amide bonds. The van der Waals surface area contributed by atoms with Gasteiger partial charge < -0.3 is 5.11 Å². The maximum Gasteiger partial charge on any atom is 0.332 e. The molecular formula is C12H14O3. The fourth-order valence-corrected chi connectivity index (χ4v) is 2.26. The number of hydrogen-bond donors (Lipinski definition) is 1. The third-order valence-corrected chi connectivity index (χ3v) is 3.07. The molecule has 3 nitrogen and oxygen atoms in total. The minimum Gasteiger partial charge on any atom is -0.478 e. The van der Waals surface area contributed by atoms with Gasteiger partial charge in [-0.2, -0.15) is 0 Å². The van der Waals surface area contributed by atoms with Crippen LogP contribution in [0.4, 0.5) is 0 Å². The maximum absolute atomic E-state index is 11.7. The first-order valence-electron chi connectivity index (χ1n) is 5.37. The molecule has 0 fully saturated rings. The second-order valence-corrected chi connectivity index (χ2v) is 4.14. The van der Waals surface area contributed by atoms with Gasteiger partial charge in [0, 0.05) is 12.0 Å². The van der Waals surface area contributed by atoms with E-state index in [0.717, 1.165) is 43.3 Å². The summed E-state index contributed by atoms with van der Waals surface area (Å²) in [7, 11) is 0. The smallest absolute Gasteiger partial charge is 0.332 e. The van der Waals surface area contributed by atoms with Crippen LogP contribution in [0.1, 0.15) is 38.5 Å². The number of Topliss-reactive ketones (excluding diaryl/α,β-unsaturated/α-hetero) is 1. The first-order valence-corrected chi connectivity index (χ1v) is 5.37. The Kier molecular flexibility index (Phi) is 2.71. The molecule has 15 heavy (non-hydrogen) atoms. The van der Waals surface area contributed by atoms with Crippen molar-refractivity contribution in [1.82, 2.24) is 0 Å². The molecule has 3 heteroatoms. The molecule has 0 heterocycles. The van der Waals surface area contributed by atoms with E-state index in [-0.39, 0.29) is 17.8 Å². The van der Waals surface area contributed by atoms with Crippen LogP contribution >= 0.6 is 0 Å². The highest BCUT2D eigenvalue weighted by Crippen LogP contribution is 2.31. The first kappa shape index (κ1) is 10.1. The lowest BCUT2D eigenvalue weighted by atomic mass is 9.88. The van der Waals surface area contributed by atoms with Crippen LogP contribution in [0.3, 0.4) is 0 Å². The predicted octanol–water partition coefficient (Wildman–Crippen LogP) is 2.23. The zero-order chi connectivity index (χ0) is 10.8. The van der Waals surface area contributed by atoms with E-state index in [4.69, 9.17) is 5.11 Å². The monoisotopic (exact) mass is 206 g/mol. The van der Waals surface area contributed by atoms with E-state index in [9.17, 15) is 9.59 Å². The SMILES string of the molecule is O=C(O)C1=CC2=C(CCCCC2)C(=O)C1. The van der Waals surface area contributed by atoms with E-state index in [2.05, 4.69) is 0 Å². The molecule has 0 aromatic rings. The number of hydrogen-bond acceptors (Lipinski definition) is 2. The number of ketones is 1. The topological polar surface area (TPSA) is 54.4 Å². The van der Waals surface area contributed by atoms with Crippen molar-refractivity contribution in [1.29, 1.82) is 0 Å². The quantitative estimate of drug-likeness (QED) is 0.715. The van der Waals surface area contributed by atoms with Crippen molar-refractivity contribution < 1.29 is 14.7 Å². The van der Waals surface area contributed by atoms with Crippen LogP contribution in [-0.4, -0.2) is 16.9 Å². The minimum absolute atomic E-state index is 0.0202. The molecule has 0 bridgehead atoms. The van der Waals surface area contributed by atoms with Crippen LogP contribution < -0.4 is 0 Å². The van der Waals surface area contributed by atoms with Gasteiger partial charge in [0.15, 0.2) is 5.78 Å². The van der Waals surface area contributed by atoms with Crippen molar-refractivity contribution in [2.45, 2.75) is 38.5 Å². The van der Waals surface area contributed by atoms with E-state index >= 15 is 0 Å². The van der Waals surface area contributed by atoms with Crippen LogP contribution in [0.15, 0.2) is 22.8 Å². The lowest BCUT2D eigenvalue weighted by Gasteiger charge is -2.15. The Balaban J connectivity index is 2.35. The summed E-state index contributed by atoms with van der Waals surface area (Å²) in [5, 5.41) is 8.87. The number of aliphatic carboxylic acids is 1. The van der Waals surface area contributed by atoms with Gasteiger partial charge in [0.1, 0.15) is 0 Å². The third kappa shape index (κ3) is 2.01. The molecular weight excluding hydrogens is 192 g/mol. The fraction of sp³-hybridized carbons (Fsp3) is 0.500. The highest BCUT2D eigenvalue weighted by atomic mass is 16.4. The molecule has 2 rings (SSSR count). The number of carboxylic acids is 1. The highest BCUT2D eigenvalue weighted by molar-refractivity contribution is 6.05. The van der Waals surface area contributed by atoms with Gasteiger partial charge in [-0.25, -0.2) is 4.79 Å². The molecule has 2 aliphatic rings. The lowest BCUT2D eigenvalue weighted by molar-refractivity contribution is -0.133. The first-order chi connectivity index (χ1) is 7.18. The van der Waals surface area contributed by atoms with Gasteiger partial charge in [-0.05, 0) is 42.9 Å². The molecule has 2 aliphatic carbocycles. The molecule has 1 N–H and O–H groups in total. The second kappa shape index (κ2) is 4.01. The zero-order valence-corrected chi connectivity index (χ0v) is 8.58. The fourth-order valence-electron chi connectivity index (χ4n) is 2.26.